The fourth-order valence-corrected chi connectivity index (χ4v) is 5.29. The molecule has 6 heteroatoms. The maximum Gasteiger partial charge on any atom is 0.163 e. The Kier molecular flexibility index (Phi) is 7.82. The molecule has 6 nitrogen and oxygen atoms in total. The van der Waals surface area contributed by atoms with Crippen LogP contribution in [0.3, 0.4) is 0 Å². The molecule has 0 saturated heterocycles. The highest BCUT2D eigenvalue weighted by molar-refractivity contribution is 6.01. The number of benzene rings is 3. The standard InChI is InChI=1S/C33H38N2O4/c1-20(2)19-38-25-13-10-22(11-14-25)33-32-28(34-26-8-6-7-9-27(26)35-33)16-24(17-29(32)36)23-12-15-30(39-21(3)4)31(18-23)37-5/h6-15,18,20-21,24,33-35H,16-17,19H2,1-5H3. The number of fused-ring (bicyclic) bond motifs is 1. The number of ketones is 1. The number of ether oxygens (including phenoxy) is 3. The Bertz CT molecular complexity index is 1360. The quantitative estimate of drug-likeness (QED) is 0.317. The summed E-state index contributed by atoms with van der Waals surface area (Å²) < 4.78 is 17.4. The molecule has 2 atom stereocenters. The fourth-order valence-electron chi connectivity index (χ4n) is 5.29. The van der Waals surface area contributed by atoms with Crippen LogP contribution in [0.4, 0.5) is 11.4 Å². The maximum atomic E-state index is 13.9. The molecule has 0 radical (unpaired) electrons. The smallest absolute Gasteiger partial charge is 0.163 e. The monoisotopic (exact) mass is 526 g/mol. The molecule has 2 N–H and O–H groups in total. The van der Waals surface area contributed by atoms with E-state index in [2.05, 4.69) is 42.7 Å². The minimum atomic E-state index is -0.264. The Balaban J connectivity index is 1.49. The van der Waals surface area contributed by atoms with E-state index in [0.29, 0.717) is 30.4 Å². The van der Waals surface area contributed by atoms with E-state index in [1.807, 2.05) is 62.4 Å². The number of methoxy groups -OCH3 is 1. The molecular weight excluding hydrogens is 488 g/mol. The van der Waals surface area contributed by atoms with Crippen LogP contribution in [-0.4, -0.2) is 25.6 Å². The molecule has 0 aromatic heterocycles. The zero-order chi connectivity index (χ0) is 27.5. The number of hydrogen-bond donors (Lipinski definition) is 2. The van der Waals surface area contributed by atoms with Gasteiger partial charge >= 0.3 is 0 Å². The van der Waals surface area contributed by atoms with Crippen LogP contribution in [0, 0.1) is 5.92 Å². The van der Waals surface area contributed by atoms with E-state index in [1.165, 1.54) is 0 Å². The van der Waals surface area contributed by atoms with Crippen LogP contribution in [0.15, 0.2) is 78.0 Å². The average Bonchev–Trinajstić information content (AvgIpc) is 3.09. The van der Waals surface area contributed by atoms with E-state index in [1.54, 1.807) is 7.11 Å². The van der Waals surface area contributed by atoms with E-state index in [-0.39, 0.29) is 23.8 Å². The first-order chi connectivity index (χ1) is 18.8. The molecule has 0 saturated carbocycles. The second-order valence-electron chi connectivity index (χ2n) is 11.0. The molecular formula is C33H38N2O4. The summed E-state index contributed by atoms with van der Waals surface area (Å²) in [7, 11) is 1.65. The molecule has 0 spiro atoms. The van der Waals surface area contributed by atoms with Gasteiger partial charge in [0.25, 0.3) is 0 Å². The van der Waals surface area contributed by atoms with Crippen molar-refractivity contribution in [2.75, 3.05) is 24.4 Å². The molecule has 5 rings (SSSR count). The van der Waals surface area contributed by atoms with Crippen molar-refractivity contribution in [3.05, 3.63) is 89.1 Å². The van der Waals surface area contributed by atoms with Crippen LogP contribution in [0.5, 0.6) is 17.2 Å². The van der Waals surface area contributed by atoms with Crippen LogP contribution in [-0.2, 0) is 4.79 Å². The Morgan fingerprint density at radius 1 is 0.872 bits per heavy atom. The zero-order valence-electron chi connectivity index (χ0n) is 23.4. The normalized spacial score (nSPS) is 18.6. The Morgan fingerprint density at radius 3 is 2.28 bits per heavy atom. The molecule has 1 heterocycles. The van der Waals surface area contributed by atoms with Gasteiger partial charge in [0, 0.05) is 17.7 Å². The predicted octanol–water partition coefficient (Wildman–Crippen LogP) is 7.50. The molecule has 0 fully saturated rings. The Morgan fingerprint density at radius 2 is 1.59 bits per heavy atom. The van der Waals surface area contributed by atoms with Gasteiger partial charge in [-0.2, -0.15) is 0 Å². The van der Waals surface area contributed by atoms with Crippen LogP contribution < -0.4 is 24.8 Å². The van der Waals surface area contributed by atoms with E-state index in [9.17, 15) is 4.79 Å². The van der Waals surface area contributed by atoms with Crippen molar-refractivity contribution in [2.45, 2.75) is 58.6 Å². The number of anilines is 2. The molecule has 2 aliphatic rings. The summed E-state index contributed by atoms with van der Waals surface area (Å²) in [5.74, 6) is 2.86. The van der Waals surface area contributed by atoms with Crippen LogP contribution in [0.1, 0.15) is 63.6 Å². The predicted molar refractivity (Wildman–Crippen MR) is 156 cm³/mol. The van der Waals surface area contributed by atoms with Gasteiger partial charge in [0.15, 0.2) is 17.3 Å². The number of Topliss-reactive ketones (excluding diaryl/α,β-unsaturated/α-hetero) is 1. The van der Waals surface area contributed by atoms with Crippen LogP contribution in [0.25, 0.3) is 0 Å². The minimum Gasteiger partial charge on any atom is -0.493 e. The topological polar surface area (TPSA) is 68.8 Å². The molecule has 0 bridgehead atoms. The van der Waals surface area contributed by atoms with Crippen molar-refractivity contribution in [3.8, 4) is 17.2 Å². The van der Waals surface area contributed by atoms with Gasteiger partial charge in [-0.1, -0.05) is 44.2 Å². The SMILES string of the molecule is COc1cc(C2CC(=O)C3=C(C2)Nc2ccccc2NC3c2ccc(OCC(C)C)cc2)ccc1OC(C)C. The highest BCUT2D eigenvalue weighted by Crippen LogP contribution is 2.45. The van der Waals surface area contributed by atoms with Gasteiger partial charge in [-0.05, 0) is 79.6 Å². The average molecular weight is 527 g/mol. The molecule has 0 amide bonds. The number of hydrogen-bond acceptors (Lipinski definition) is 6. The summed E-state index contributed by atoms with van der Waals surface area (Å²) in [6.45, 7) is 8.92. The van der Waals surface area contributed by atoms with Crippen molar-refractivity contribution < 1.29 is 19.0 Å². The largest absolute Gasteiger partial charge is 0.493 e. The number of para-hydroxylation sites is 2. The number of carbonyl (C=O) groups is 1. The zero-order valence-corrected chi connectivity index (χ0v) is 23.4. The summed E-state index contributed by atoms with van der Waals surface area (Å²) >= 11 is 0. The van der Waals surface area contributed by atoms with E-state index >= 15 is 0 Å². The summed E-state index contributed by atoms with van der Waals surface area (Å²) in [6.07, 6.45) is 1.19. The van der Waals surface area contributed by atoms with Crippen LogP contribution >= 0.6 is 0 Å². The minimum absolute atomic E-state index is 0.0310. The second kappa shape index (κ2) is 11.4. The third kappa shape index (κ3) is 5.90. The molecule has 3 aromatic rings. The third-order valence-corrected chi connectivity index (χ3v) is 7.13. The highest BCUT2D eigenvalue weighted by Gasteiger charge is 2.36. The summed E-state index contributed by atoms with van der Waals surface area (Å²) in [5, 5.41) is 7.27. The second-order valence-corrected chi connectivity index (χ2v) is 11.0. The Hall–Kier alpha value is -3.93. The summed E-state index contributed by atoms with van der Waals surface area (Å²) in [4.78, 5) is 13.9. The van der Waals surface area contributed by atoms with Crippen molar-refractivity contribution in [1.82, 2.24) is 0 Å². The van der Waals surface area contributed by atoms with Crippen molar-refractivity contribution in [1.29, 1.82) is 0 Å². The molecule has 204 valence electrons. The number of nitrogens with one attached hydrogen (secondary N) is 2. The van der Waals surface area contributed by atoms with Crippen molar-refractivity contribution in [2.24, 2.45) is 5.92 Å². The summed E-state index contributed by atoms with van der Waals surface area (Å²) in [6, 6.07) is 22.0. The lowest BCUT2D eigenvalue weighted by atomic mass is 9.78. The van der Waals surface area contributed by atoms with Crippen molar-refractivity contribution >= 4 is 17.2 Å². The first kappa shape index (κ1) is 26.7. The number of carbonyl (C=O) groups excluding carboxylic acids is 1. The lowest BCUT2D eigenvalue weighted by Gasteiger charge is -2.30. The molecule has 1 aliphatic carbocycles. The highest BCUT2D eigenvalue weighted by atomic mass is 16.5. The number of allylic oxidation sites excluding steroid dienone is 1. The first-order valence-electron chi connectivity index (χ1n) is 13.8. The van der Waals surface area contributed by atoms with Gasteiger partial charge in [-0.15, -0.1) is 0 Å². The fraction of sp³-hybridized carbons (Fsp3) is 0.364. The molecule has 1 aliphatic heterocycles. The molecule has 3 aromatic carbocycles. The Labute approximate surface area is 231 Å². The lowest BCUT2D eigenvalue weighted by molar-refractivity contribution is -0.116. The molecule has 39 heavy (non-hydrogen) atoms. The van der Waals surface area contributed by atoms with Gasteiger partial charge in [0.05, 0.1) is 37.2 Å². The van der Waals surface area contributed by atoms with Gasteiger partial charge in [0.2, 0.25) is 0 Å². The first-order valence-corrected chi connectivity index (χ1v) is 13.8. The van der Waals surface area contributed by atoms with Crippen molar-refractivity contribution in [3.63, 3.8) is 0 Å². The molecule has 2 unspecified atom stereocenters. The van der Waals surface area contributed by atoms with Gasteiger partial charge in [-0.25, -0.2) is 0 Å². The van der Waals surface area contributed by atoms with Gasteiger partial charge in [-0.3, -0.25) is 4.79 Å². The van der Waals surface area contributed by atoms with E-state index < -0.39 is 0 Å². The lowest BCUT2D eigenvalue weighted by Crippen LogP contribution is -2.26. The van der Waals surface area contributed by atoms with E-state index in [0.717, 1.165) is 45.9 Å². The van der Waals surface area contributed by atoms with E-state index in [4.69, 9.17) is 14.2 Å². The van der Waals surface area contributed by atoms with Gasteiger partial charge < -0.3 is 24.8 Å². The van der Waals surface area contributed by atoms with Gasteiger partial charge in [0.1, 0.15) is 5.75 Å². The number of rotatable bonds is 8. The summed E-state index contributed by atoms with van der Waals surface area (Å²) in [5.41, 5.74) is 5.79. The van der Waals surface area contributed by atoms with Crippen LogP contribution in [0.2, 0.25) is 0 Å². The third-order valence-electron chi connectivity index (χ3n) is 7.13. The maximum absolute atomic E-state index is 13.9.